The van der Waals surface area contributed by atoms with Gasteiger partial charge in [-0.2, -0.15) is 8.42 Å². The molecule has 0 aromatic heterocycles. The van der Waals surface area contributed by atoms with E-state index in [-0.39, 0.29) is 18.1 Å². The van der Waals surface area contributed by atoms with E-state index in [2.05, 4.69) is 20.9 Å². The summed E-state index contributed by atoms with van der Waals surface area (Å²) in [7, 11) is -4.37. The van der Waals surface area contributed by atoms with E-state index in [1.54, 1.807) is 6.92 Å². The lowest BCUT2D eigenvalue weighted by Gasteiger charge is -1.97. The summed E-state index contributed by atoms with van der Waals surface area (Å²) in [5.41, 5.74) is 0.512. The fraction of sp³-hybridized carbons (Fsp3) is 0.143. The fourth-order valence-electron chi connectivity index (χ4n) is 0.933. The highest BCUT2D eigenvalue weighted by atomic mass is 79.9. The molecule has 0 fully saturated rings. The van der Waals surface area contributed by atoms with Gasteiger partial charge < -0.3 is 12.4 Å². The Kier molecular flexibility index (Phi) is 4.67. The molecule has 0 saturated carbocycles. The lowest BCUT2D eigenvalue weighted by molar-refractivity contribution is -0.00000724. The third-order valence-electron chi connectivity index (χ3n) is 1.63. The van der Waals surface area contributed by atoms with Crippen LogP contribution in [0.1, 0.15) is 5.56 Å². The Hall–Kier alpha value is -0.680. The first-order valence-corrected chi connectivity index (χ1v) is 5.72. The van der Waals surface area contributed by atoms with Gasteiger partial charge in [-0.3, -0.25) is 4.55 Å². The molecule has 1 rings (SSSR count). The van der Waals surface area contributed by atoms with Crippen molar-refractivity contribution in [2.24, 2.45) is 0 Å². The Morgan fingerprint density at radius 1 is 1.47 bits per heavy atom. The zero-order chi connectivity index (χ0) is 10.9. The predicted octanol–water partition coefficient (Wildman–Crippen LogP) is -0.507. The molecular weight excluding hydrogens is 308 g/mol. The van der Waals surface area contributed by atoms with E-state index in [0.29, 0.717) is 10.0 Å². The summed E-state index contributed by atoms with van der Waals surface area (Å²) in [6.45, 7) is 1.70. The Morgan fingerprint density at radius 3 is 2.40 bits per heavy atom. The van der Waals surface area contributed by atoms with Crippen LogP contribution in [0.5, 0.6) is 0 Å². The number of halogens is 2. The smallest absolute Gasteiger partial charge is 0.406 e. The summed E-state index contributed by atoms with van der Waals surface area (Å²) < 4.78 is 31.0. The van der Waals surface area contributed by atoms with Gasteiger partial charge in [-0.05, 0) is 18.6 Å². The van der Waals surface area contributed by atoms with Crippen LogP contribution >= 0.6 is 15.9 Å². The zero-order valence-corrected chi connectivity index (χ0v) is 10.6. The van der Waals surface area contributed by atoms with Gasteiger partial charge in [0.25, 0.3) is 0 Å². The molecule has 0 spiro atoms. The van der Waals surface area contributed by atoms with Crippen molar-refractivity contribution in [3.8, 4) is 0 Å². The first-order chi connectivity index (χ1) is 6.36. The maximum absolute atomic E-state index is 10.8. The van der Waals surface area contributed by atoms with Crippen molar-refractivity contribution in [3.63, 3.8) is 0 Å². The van der Waals surface area contributed by atoms with E-state index in [9.17, 15) is 8.42 Å². The molecule has 0 aliphatic heterocycles. The van der Waals surface area contributed by atoms with Gasteiger partial charge in [0.05, 0.1) is 0 Å². The van der Waals surface area contributed by atoms with E-state index in [0.717, 1.165) is 0 Å². The van der Waals surface area contributed by atoms with Crippen molar-refractivity contribution in [2.75, 3.05) is 0 Å². The molecule has 0 saturated heterocycles. The number of diazo groups is 1. The molecule has 0 bridgehead atoms. The van der Waals surface area contributed by atoms with Crippen molar-refractivity contribution in [1.82, 2.24) is 0 Å². The lowest BCUT2D eigenvalue weighted by Crippen LogP contribution is -3.00. The predicted molar refractivity (Wildman–Crippen MR) is 53.4 cm³/mol. The third-order valence-corrected chi connectivity index (χ3v) is 3.36. The maximum Gasteiger partial charge on any atom is 0.406 e. The highest BCUT2D eigenvalue weighted by Gasteiger charge is 2.25. The average molecular weight is 314 g/mol. The first-order valence-electron chi connectivity index (χ1n) is 3.49. The molecule has 0 amide bonds. The number of aryl methyl sites for hydroxylation is 1. The normalized spacial score (nSPS) is 10.3. The minimum Gasteiger partial charge on any atom is -1.00 e. The summed E-state index contributed by atoms with van der Waals surface area (Å²) in [6, 6.07) is 2.52. The Labute approximate surface area is 101 Å². The molecule has 15 heavy (non-hydrogen) atoms. The molecular formula is C7H6BrClN2O3S. The monoisotopic (exact) mass is 312 g/mol. The van der Waals surface area contributed by atoms with Gasteiger partial charge in [-0.15, -0.1) is 0 Å². The van der Waals surface area contributed by atoms with Crippen LogP contribution in [-0.4, -0.2) is 13.0 Å². The third kappa shape index (κ3) is 3.14. The molecule has 1 aromatic rings. The van der Waals surface area contributed by atoms with Crippen molar-refractivity contribution in [1.29, 1.82) is 5.39 Å². The number of rotatable bonds is 1. The van der Waals surface area contributed by atoms with Gasteiger partial charge in [0, 0.05) is 10.5 Å². The summed E-state index contributed by atoms with van der Waals surface area (Å²) in [6.07, 6.45) is 0. The van der Waals surface area contributed by atoms with Crippen LogP contribution in [0.2, 0.25) is 0 Å². The number of hydrogen-bond acceptors (Lipinski definition) is 3. The topological polar surface area (TPSA) is 82.5 Å². The summed E-state index contributed by atoms with van der Waals surface area (Å²) >= 11 is 3.10. The van der Waals surface area contributed by atoms with Crippen LogP contribution in [0.15, 0.2) is 21.5 Å². The Balaban J connectivity index is 0.00000196. The molecule has 1 aromatic carbocycles. The van der Waals surface area contributed by atoms with E-state index >= 15 is 0 Å². The quantitative estimate of drug-likeness (QED) is 0.559. The largest absolute Gasteiger partial charge is 1.00 e. The van der Waals surface area contributed by atoms with Crippen molar-refractivity contribution in [3.05, 3.63) is 27.1 Å². The van der Waals surface area contributed by atoms with E-state index in [1.165, 1.54) is 12.1 Å². The molecule has 8 heteroatoms. The summed E-state index contributed by atoms with van der Waals surface area (Å²) in [5.74, 6) is 0. The molecule has 1 N–H and O–H groups in total. The molecule has 0 atom stereocenters. The van der Waals surface area contributed by atoms with E-state index < -0.39 is 15.0 Å². The van der Waals surface area contributed by atoms with E-state index in [1.807, 2.05) is 0 Å². The van der Waals surface area contributed by atoms with Crippen LogP contribution < -0.4 is 12.4 Å². The minimum absolute atomic E-state index is 0. The number of hydrogen-bond donors (Lipinski definition) is 1. The molecule has 0 heterocycles. The van der Waals surface area contributed by atoms with Gasteiger partial charge >= 0.3 is 15.8 Å². The first kappa shape index (κ1) is 14.3. The van der Waals surface area contributed by atoms with Crippen molar-refractivity contribution in [2.45, 2.75) is 11.8 Å². The molecule has 5 nitrogen and oxygen atoms in total. The summed E-state index contributed by atoms with van der Waals surface area (Å²) in [5, 5.41) is 8.53. The summed E-state index contributed by atoms with van der Waals surface area (Å²) in [4.78, 5) is 2.35. The second-order valence-electron chi connectivity index (χ2n) is 2.64. The molecule has 82 valence electrons. The Bertz CT molecular complexity index is 524. The fourth-order valence-corrected chi connectivity index (χ4v) is 2.06. The van der Waals surface area contributed by atoms with Gasteiger partial charge in [0.2, 0.25) is 5.39 Å². The number of nitrogens with zero attached hydrogens (tertiary/aromatic N) is 2. The highest BCUT2D eigenvalue weighted by Crippen LogP contribution is 2.30. The van der Waals surface area contributed by atoms with Crippen LogP contribution in [0.25, 0.3) is 4.98 Å². The SMILES string of the molecule is Cc1cc([N+]#N)c(S(=O)(=O)O)cc1Br.[Cl-]. The Morgan fingerprint density at radius 2 is 2.00 bits per heavy atom. The second-order valence-corrected chi connectivity index (χ2v) is 4.89. The van der Waals surface area contributed by atoms with Gasteiger partial charge in [-0.25, -0.2) is 0 Å². The van der Waals surface area contributed by atoms with Crippen LogP contribution in [-0.2, 0) is 10.1 Å². The molecule has 0 aliphatic rings. The van der Waals surface area contributed by atoms with Gasteiger partial charge in [-0.1, -0.05) is 15.9 Å². The second kappa shape index (κ2) is 4.90. The molecule has 0 unspecified atom stereocenters. The maximum atomic E-state index is 10.8. The lowest BCUT2D eigenvalue weighted by atomic mass is 10.2. The number of benzene rings is 1. The van der Waals surface area contributed by atoms with E-state index in [4.69, 9.17) is 9.95 Å². The van der Waals surface area contributed by atoms with Gasteiger partial charge in [0.1, 0.15) is 0 Å². The zero-order valence-electron chi connectivity index (χ0n) is 7.48. The van der Waals surface area contributed by atoms with Gasteiger partial charge in [0.15, 0.2) is 9.87 Å². The standard InChI is InChI=1S/C7H5BrN2O3S.ClH/c1-4-2-6(10-9)7(3-5(4)8)14(11,12)13;/h2-3H,1H3;1H. The molecule has 0 aliphatic carbocycles. The highest BCUT2D eigenvalue weighted by molar-refractivity contribution is 9.10. The average Bonchev–Trinajstić information content (AvgIpc) is 2.07. The van der Waals surface area contributed by atoms with Crippen LogP contribution in [0.4, 0.5) is 5.69 Å². The van der Waals surface area contributed by atoms with Crippen molar-refractivity contribution >= 4 is 31.7 Å². The van der Waals surface area contributed by atoms with Crippen LogP contribution in [0, 0.1) is 12.3 Å². The van der Waals surface area contributed by atoms with Crippen molar-refractivity contribution < 1.29 is 25.4 Å². The van der Waals surface area contributed by atoms with Crippen LogP contribution in [0.3, 0.4) is 0 Å². The minimum atomic E-state index is -4.37. The molecule has 0 radical (unpaired) electrons.